The molecule has 2 amide bonds. The molecule has 6 heteroatoms. The number of hydrogen-bond acceptors (Lipinski definition) is 5. The van der Waals surface area contributed by atoms with E-state index in [9.17, 15) is 14.4 Å². The Hall–Kier alpha value is -1.59. The summed E-state index contributed by atoms with van der Waals surface area (Å²) < 4.78 is 9.86. The van der Waals surface area contributed by atoms with E-state index in [2.05, 4.69) is 4.74 Å². The smallest absolute Gasteiger partial charge is 0.417 e. The maximum absolute atomic E-state index is 12.0. The lowest BCUT2D eigenvalue weighted by Crippen LogP contribution is -2.46. The Morgan fingerprint density at radius 2 is 1.95 bits per heavy atom. The number of esters is 1. The first-order valence-corrected chi connectivity index (χ1v) is 6.30. The SMILES string of the molecule is COC(=O)C(C)C1CCC(=O)N1C(=O)OC(C)(C)C. The van der Waals surface area contributed by atoms with Crippen LogP contribution in [0.15, 0.2) is 0 Å². The minimum Gasteiger partial charge on any atom is -0.469 e. The molecule has 2 atom stereocenters. The quantitative estimate of drug-likeness (QED) is 0.715. The van der Waals surface area contributed by atoms with Crippen molar-refractivity contribution in [2.24, 2.45) is 5.92 Å². The lowest BCUT2D eigenvalue weighted by atomic mass is 10.00. The summed E-state index contributed by atoms with van der Waals surface area (Å²) >= 11 is 0. The summed E-state index contributed by atoms with van der Waals surface area (Å²) in [6, 6.07) is -0.491. The molecule has 0 N–H and O–H groups in total. The van der Waals surface area contributed by atoms with E-state index in [0.29, 0.717) is 6.42 Å². The van der Waals surface area contributed by atoms with Crippen LogP contribution in [0.1, 0.15) is 40.5 Å². The summed E-state index contributed by atoms with van der Waals surface area (Å²) in [6.45, 7) is 6.82. The zero-order valence-electron chi connectivity index (χ0n) is 12.1. The molecule has 1 saturated heterocycles. The molecule has 108 valence electrons. The van der Waals surface area contributed by atoms with Crippen molar-refractivity contribution in [2.45, 2.75) is 52.2 Å². The highest BCUT2D eigenvalue weighted by atomic mass is 16.6. The fourth-order valence-corrected chi connectivity index (χ4v) is 2.07. The van der Waals surface area contributed by atoms with Crippen LogP contribution in [0.2, 0.25) is 0 Å². The molecule has 1 aliphatic rings. The molecule has 2 unspecified atom stereocenters. The van der Waals surface area contributed by atoms with Gasteiger partial charge in [-0.05, 0) is 34.1 Å². The van der Waals surface area contributed by atoms with Gasteiger partial charge in [-0.2, -0.15) is 0 Å². The van der Waals surface area contributed by atoms with Gasteiger partial charge in [-0.15, -0.1) is 0 Å². The van der Waals surface area contributed by atoms with Gasteiger partial charge in [0.2, 0.25) is 5.91 Å². The monoisotopic (exact) mass is 271 g/mol. The number of amides is 2. The molecule has 0 aromatic heterocycles. The van der Waals surface area contributed by atoms with Gasteiger partial charge in [0, 0.05) is 6.42 Å². The Morgan fingerprint density at radius 1 is 1.37 bits per heavy atom. The van der Waals surface area contributed by atoms with E-state index in [0.717, 1.165) is 4.90 Å². The molecule has 0 saturated carbocycles. The van der Waals surface area contributed by atoms with Crippen molar-refractivity contribution in [3.63, 3.8) is 0 Å². The zero-order chi connectivity index (χ0) is 14.8. The first-order valence-electron chi connectivity index (χ1n) is 6.30. The van der Waals surface area contributed by atoms with Gasteiger partial charge in [0.25, 0.3) is 0 Å². The fraction of sp³-hybridized carbons (Fsp3) is 0.769. The average molecular weight is 271 g/mol. The van der Waals surface area contributed by atoms with Gasteiger partial charge in [0.15, 0.2) is 0 Å². The maximum atomic E-state index is 12.0. The summed E-state index contributed by atoms with van der Waals surface area (Å²) in [5.41, 5.74) is -0.682. The van der Waals surface area contributed by atoms with Crippen LogP contribution in [-0.2, 0) is 19.1 Å². The molecule has 1 heterocycles. The van der Waals surface area contributed by atoms with Crippen LogP contribution in [0.5, 0.6) is 0 Å². The predicted octanol–water partition coefficient (Wildman–Crippen LogP) is 1.72. The van der Waals surface area contributed by atoms with Gasteiger partial charge in [-0.1, -0.05) is 0 Å². The molecule has 1 fully saturated rings. The highest BCUT2D eigenvalue weighted by Gasteiger charge is 2.43. The normalized spacial score (nSPS) is 21.2. The second kappa shape index (κ2) is 5.59. The van der Waals surface area contributed by atoms with Gasteiger partial charge < -0.3 is 9.47 Å². The summed E-state index contributed by atoms with van der Waals surface area (Å²) in [5.74, 6) is -1.30. The average Bonchev–Trinajstić information content (AvgIpc) is 2.66. The Kier molecular flexibility index (Phi) is 4.55. The first-order chi connectivity index (χ1) is 8.67. The lowest BCUT2D eigenvalue weighted by molar-refractivity contribution is -0.147. The fourth-order valence-electron chi connectivity index (χ4n) is 2.07. The molecular formula is C13H21NO5. The van der Waals surface area contributed by atoms with Crippen molar-refractivity contribution >= 4 is 18.0 Å². The minimum absolute atomic E-state index is 0.241. The third-order valence-electron chi connectivity index (χ3n) is 2.99. The number of nitrogens with zero attached hydrogens (tertiary/aromatic N) is 1. The second-order valence-corrected chi connectivity index (χ2v) is 5.66. The zero-order valence-corrected chi connectivity index (χ0v) is 12.1. The maximum Gasteiger partial charge on any atom is 0.417 e. The molecule has 6 nitrogen and oxygen atoms in total. The molecule has 0 aromatic carbocycles. The number of hydrogen-bond donors (Lipinski definition) is 0. The van der Waals surface area contributed by atoms with Crippen LogP contribution in [0.25, 0.3) is 0 Å². The Bertz CT molecular complexity index is 385. The van der Waals surface area contributed by atoms with Crippen LogP contribution < -0.4 is 0 Å². The molecule has 1 rings (SSSR count). The van der Waals surface area contributed by atoms with Gasteiger partial charge >= 0.3 is 12.1 Å². The van der Waals surface area contributed by atoms with Crippen molar-refractivity contribution in [1.82, 2.24) is 4.90 Å². The molecule has 0 radical (unpaired) electrons. The molecular weight excluding hydrogens is 250 g/mol. The molecule has 0 aliphatic carbocycles. The van der Waals surface area contributed by atoms with Crippen molar-refractivity contribution < 1.29 is 23.9 Å². The van der Waals surface area contributed by atoms with Gasteiger partial charge in [0.05, 0.1) is 19.1 Å². The predicted molar refractivity (Wildman–Crippen MR) is 67.3 cm³/mol. The van der Waals surface area contributed by atoms with Crippen LogP contribution in [0, 0.1) is 5.92 Å². The lowest BCUT2D eigenvalue weighted by Gasteiger charge is -2.29. The number of carbonyl (C=O) groups excluding carboxylic acids is 3. The molecule has 19 heavy (non-hydrogen) atoms. The van der Waals surface area contributed by atoms with E-state index in [4.69, 9.17) is 4.74 Å². The van der Waals surface area contributed by atoms with Gasteiger partial charge in [0.1, 0.15) is 5.60 Å². The number of imide groups is 1. The van der Waals surface area contributed by atoms with Crippen LogP contribution in [-0.4, -0.2) is 41.6 Å². The molecule has 0 spiro atoms. The van der Waals surface area contributed by atoms with Crippen LogP contribution in [0.4, 0.5) is 4.79 Å². The summed E-state index contributed by atoms with van der Waals surface area (Å²) in [7, 11) is 1.29. The van der Waals surface area contributed by atoms with E-state index in [-0.39, 0.29) is 12.3 Å². The van der Waals surface area contributed by atoms with Crippen molar-refractivity contribution in [2.75, 3.05) is 7.11 Å². The summed E-state index contributed by atoms with van der Waals surface area (Å²) in [4.78, 5) is 36.4. The molecule has 0 bridgehead atoms. The first kappa shape index (κ1) is 15.5. The standard InChI is InChI=1S/C13H21NO5/c1-8(11(16)18-5)9-6-7-10(15)14(9)12(17)19-13(2,3)4/h8-9H,6-7H2,1-5H3. The van der Waals surface area contributed by atoms with E-state index in [1.54, 1.807) is 27.7 Å². The number of ether oxygens (including phenoxy) is 2. The van der Waals surface area contributed by atoms with E-state index in [1.165, 1.54) is 7.11 Å². The Morgan fingerprint density at radius 3 is 2.42 bits per heavy atom. The van der Waals surface area contributed by atoms with E-state index in [1.807, 2.05) is 0 Å². The third-order valence-corrected chi connectivity index (χ3v) is 2.99. The minimum atomic E-state index is -0.698. The van der Waals surface area contributed by atoms with Gasteiger partial charge in [-0.3, -0.25) is 9.59 Å². The summed E-state index contributed by atoms with van der Waals surface area (Å²) in [6.07, 6.45) is -0.00434. The summed E-state index contributed by atoms with van der Waals surface area (Å²) in [5, 5.41) is 0. The number of methoxy groups -OCH3 is 1. The molecule has 0 aromatic rings. The Labute approximate surface area is 113 Å². The largest absolute Gasteiger partial charge is 0.469 e. The van der Waals surface area contributed by atoms with Crippen molar-refractivity contribution in [1.29, 1.82) is 0 Å². The number of carbonyl (C=O) groups is 3. The van der Waals surface area contributed by atoms with Crippen LogP contribution in [0.3, 0.4) is 0 Å². The molecule has 1 aliphatic heterocycles. The number of likely N-dealkylation sites (tertiary alicyclic amines) is 1. The van der Waals surface area contributed by atoms with Crippen LogP contribution >= 0.6 is 0 Å². The van der Waals surface area contributed by atoms with Crippen molar-refractivity contribution in [3.05, 3.63) is 0 Å². The highest BCUT2D eigenvalue weighted by molar-refractivity contribution is 5.95. The second-order valence-electron chi connectivity index (χ2n) is 5.66. The topological polar surface area (TPSA) is 72.9 Å². The Balaban J connectivity index is 2.86. The number of rotatable bonds is 2. The third kappa shape index (κ3) is 3.68. The van der Waals surface area contributed by atoms with E-state index >= 15 is 0 Å². The van der Waals surface area contributed by atoms with Crippen molar-refractivity contribution in [3.8, 4) is 0 Å². The van der Waals surface area contributed by atoms with Gasteiger partial charge in [-0.25, -0.2) is 9.69 Å². The highest BCUT2D eigenvalue weighted by Crippen LogP contribution is 2.27. The van der Waals surface area contributed by atoms with E-state index < -0.39 is 29.6 Å².